The van der Waals surface area contributed by atoms with Crippen LogP contribution in [0.1, 0.15) is 32.6 Å². The SMILES string of the molecule is COc1ccc2c(c1)c(/C=C1\Oc3c(cc4c(c3C)OCN(CCc3ccc(OC)c(OC)c3)C4)C1=O)cn2C. The third kappa shape index (κ3) is 4.44. The van der Waals surface area contributed by atoms with Gasteiger partial charge in [0.25, 0.3) is 0 Å². The van der Waals surface area contributed by atoms with E-state index in [2.05, 4.69) is 4.90 Å². The quantitative estimate of drug-likeness (QED) is 0.286. The summed E-state index contributed by atoms with van der Waals surface area (Å²) in [5.41, 5.74) is 5.51. The maximum atomic E-state index is 13.5. The number of methoxy groups -OCH3 is 3. The fraction of sp³-hybridized carbons (Fsp3) is 0.281. The van der Waals surface area contributed by atoms with E-state index < -0.39 is 0 Å². The summed E-state index contributed by atoms with van der Waals surface area (Å²) in [6, 6.07) is 13.8. The number of aryl methyl sites for hydroxylation is 1. The van der Waals surface area contributed by atoms with Gasteiger partial charge in [-0.25, -0.2) is 0 Å². The summed E-state index contributed by atoms with van der Waals surface area (Å²) >= 11 is 0. The van der Waals surface area contributed by atoms with Gasteiger partial charge in [-0.3, -0.25) is 9.69 Å². The number of Topliss-reactive ketones (excluding diaryl/α,β-unsaturated/α-hetero) is 1. The minimum Gasteiger partial charge on any atom is -0.497 e. The first-order valence-electron chi connectivity index (χ1n) is 13.2. The van der Waals surface area contributed by atoms with Crippen molar-refractivity contribution < 1.29 is 28.5 Å². The number of rotatable bonds is 7. The molecule has 0 fully saturated rings. The van der Waals surface area contributed by atoms with Crippen molar-refractivity contribution in [3.05, 3.63) is 82.2 Å². The van der Waals surface area contributed by atoms with Gasteiger partial charge >= 0.3 is 0 Å². The Kier molecular flexibility index (Phi) is 6.64. The first-order chi connectivity index (χ1) is 19.4. The Labute approximate surface area is 233 Å². The number of hydrogen-bond acceptors (Lipinski definition) is 7. The molecule has 8 heteroatoms. The Hall–Kier alpha value is -4.43. The molecule has 40 heavy (non-hydrogen) atoms. The van der Waals surface area contributed by atoms with Gasteiger partial charge in [0.2, 0.25) is 5.78 Å². The van der Waals surface area contributed by atoms with Crippen LogP contribution in [0.2, 0.25) is 0 Å². The molecule has 0 atom stereocenters. The van der Waals surface area contributed by atoms with Gasteiger partial charge in [-0.15, -0.1) is 0 Å². The van der Waals surface area contributed by atoms with Crippen molar-refractivity contribution in [3.63, 3.8) is 0 Å². The van der Waals surface area contributed by atoms with E-state index in [1.807, 2.05) is 73.3 Å². The number of ketones is 1. The Morgan fingerprint density at radius 1 is 0.975 bits per heavy atom. The predicted octanol–water partition coefficient (Wildman–Crippen LogP) is 5.52. The number of carbonyl (C=O) groups excluding carboxylic acids is 1. The Balaban J connectivity index is 1.23. The standard InChI is InChI=1S/C32H32N2O6/c1-19-31-22(17-34(18-39-31)11-10-20-6-9-27(37-4)28(12-20)38-5)13-25-30(35)29(40-32(19)25)14-21-16-33(2)26-8-7-23(36-3)15-24(21)26/h6-9,12-16H,10-11,17-18H2,1-5H3/b29-14-. The predicted molar refractivity (Wildman–Crippen MR) is 153 cm³/mol. The van der Waals surface area contributed by atoms with Crippen molar-refractivity contribution >= 4 is 22.8 Å². The van der Waals surface area contributed by atoms with Crippen LogP contribution in [0, 0.1) is 6.92 Å². The van der Waals surface area contributed by atoms with Crippen LogP contribution in [0.3, 0.4) is 0 Å². The Bertz CT molecular complexity index is 1670. The number of allylic oxidation sites excluding steroid dienone is 1. The maximum Gasteiger partial charge on any atom is 0.231 e. The average molecular weight is 541 g/mol. The zero-order valence-electron chi connectivity index (χ0n) is 23.4. The van der Waals surface area contributed by atoms with Crippen LogP contribution in [0.15, 0.2) is 54.4 Å². The maximum absolute atomic E-state index is 13.5. The first-order valence-corrected chi connectivity index (χ1v) is 13.2. The molecule has 4 aromatic rings. The lowest BCUT2D eigenvalue weighted by molar-refractivity contribution is 0.0953. The largest absolute Gasteiger partial charge is 0.497 e. The molecular formula is C32H32N2O6. The van der Waals surface area contributed by atoms with Crippen molar-refractivity contribution in [2.75, 3.05) is 34.6 Å². The molecule has 0 bridgehead atoms. The molecule has 3 aromatic carbocycles. The topological polar surface area (TPSA) is 71.4 Å². The second-order valence-electron chi connectivity index (χ2n) is 10.2. The number of hydrogen-bond donors (Lipinski definition) is 0. The minimum atomic E-state index is -0.122. The molecule has 0 spiro atoms. The average Bonchev–Trinajstić information content (AvgIpc) is 3.46. The van der Waals surface area contributed by atoms with Gasteiger partial charge in [0.15, 0.2) is 17.3 Å². The second-order valence-corrected chi connectivity index (χ2v) is 10.2. The fourth-order valence-corrected chi connectivity index (χ4v) is 5.55. The molecule has 6 rings (SSSR count). The van der Waals surface area contributed by atoms with E-state index in [-0.39, 0.29) is 5.78 Å². The van der Waals surface area contributed by atoms with E-state index in [0.717, 1.165) is 63.4 Å². The lowest BCUT2D eigenvalue weighted by atomic mass is 9.99. The second kappa shape index (κ2) is 10.3. The number of nitrogens with zero attached hydrogens (tertiary/aromatic N) is 2. The molecule has 0 N–H and O–H groups in total. The molecule has 0 amide bonds. The summed E-state index contributed by atoms with van der Waals surface area (Å²) in [6.07, 6.45) is 4.64. The van der Waals surface area contributed by atoms with Crippen LogP contribution in [0.4, 0.5) is 0 Å². The smallest absolute Gasteiger partial charge is 0.231 e. The highest BCUT2D eigenvalue weighted by atomic mass is 16.5. The zero-order chi connectivity index (χ0) is 28.0. The van der Waals surface area contributed by atoms with Gasteiger partial charge in [-0.2, -0.15) is 0 Å². The summed E-state index contributed by atoms with van der Waals surface area (Å²) in [4.78, 5) is 15.7. The molecule has 0 saturated carbocycles. The molecule has 0 radical (unpaired) electrons. The van der Waals surface area contributed by atoms with Gasteiger partial charge in [0.05, 0.1) is 26.9 Å². The molecule has 3 heterocycles. The first kappa shape index (κ1) is 25.8. The van der Waals surface area contributed by atoms with E-state index in [0.29, 0.717) is 36.1 Å². The third-order valence-electron chi connectivity index (χ3n) is 7.68. The number of carbonyl (C=O) groups is 1. The van der Waals surface area contributed by atoms with Crippen molar-refractivity contribution in [2.45, 2.75) is 19.9 Å². The van der Waals surface area contributed by atoms with E-state index in [1.54, 1.807) is 21.3 Å². The van der Waals surface area contributed by atoms with Crippen LogP contribution in [-0.2, 0) is 20.0 Å². The van der Waals surface area contributed by atoms with Crippen LogP contribution in [-0.4, -0.2) is 49.9 Å². The van der Waals surface area contributed by atoms with Gasteiger partial charge in [-0.1, -0.05) is 6.07 Å². The number of aromatic nitrogens is 1. The van der Waals surface area contributed by atoms with Crippen LogP contribution < -0.4 is 23.7 Å². The van der Waals surface area contributed by atoms with E-state index >= 15 is 0 Å². The minimum absolute atomic E-state index is 0.122. The monoisotopic (exact) mass is 540 g/mol. The lowest BCUT2D eigenvalue weighted by Crippen LogP contribution is -2.34. The van der Waals surface area contributed by atoms with Gasteiger partial charge < -0.3 is 28.3 Å². The Morgan fingerprint density at radius 3 is 2.58 bits per heavy atom. The summed E-state index contributed by atoms with van der Waals surface area (Å²) in [5, 5.41) is 0.992. The number of ether oxygens (including phenoxy) is 5. The van der Waals surface area contributed by atoms with Crippen molar-refractivity contribution in [1.82, 2.24) is 9.47 Å². The van der Waals surface area contributed by atoms with Crippen molar-refractivity contribution in [1.29, 1.82) is 0 Å². The fourth-order valence-electron chi connectivity index (χ4n) is 5.55. The van der Waals surface area contributed by atoms with Crippen LogP contribution in [0.25, 0.3) is 17.0 Å². The molecule has 206 valence electrons. The van der Waals surface area contributed by atoms with E-state index in [1.165, 1.54) is 0 Å². The summed E-state index contributed by atoms with van der Waals surface area (Å²) in [7, 11) is 6.90. The summed E-state index contributed by atoms with van der Waals surface area (Å²) in [6.45, 7) is 3.90. The van der Waals surface area contributed by atoms with Crippen molar-refractivity contribution in [2.24, 2.45) is 7.05 Å². The summed E-state index contributed by atoms with van der Waals surface area (Å²) in [5.74, 6) is 3.75. The zero-order valence-corrected chi connectivity index (χ0v) is 23.4. The molecule has 8 nitrogen and oxygen atoms in total. The van der Waals surface area contributed by atoms with E-state index in [4.69, 9.17) is 23.7 Å². The molecular weight excluding hydrogens is 508 g/mol. The highest BCUT2D eigenvalue weighted by Gasteiger charge is 2.33. The number of benzene rings is 3. The highest BCUT2D eigenvalue weighted by molar-refractivity contribution is 6.15. The Morgan fingerprint density at radius 2 is 1.80 bits per heavy atom. The molecule has 1 aromatic heterocycles. The third-order valence-corrected chi connectivity index (χ3v) is 7.68. The normalized spacial score (nSPS) is 15.5. The molecule has 0 unspecified atom stereocenters. The van der Waals surface area contributed by atoms with E-state index in [9.17, 15) is 4.79 Å². The number of fused-ring (bicyclic) bond motifs is 3. The summed E-state index contributed by atoms with van der Waals surface area (Å²) < 4.78 is 30.6. The van der Waals surface area contributed by atoms with Gasteiger partial charge in [0, 0.05) is 53.9 Å². The molecule has 0 saturated heterocycles. The van der Waals surface area contributed by atoms with Crippen LogP contribution in [0.5, 0.6) is 28.7 Å². The lowest BCUT2D eigenvalue weighted by Gasteiger charge is -2.30. The van der Waals surface area contributed by atoms with Crippen LogP contribution >= 0.6 is 0 Å². The molecule has 2 aliphatic rings. The van der Waals surface area contributed by atoms with Crippen molar-refractivity contribution in [3.8, 4) is 28.7 Å². The van der Waals surface area contributed by atoms with Gasteiger partial charge in [-0.05, 0) is 61.4 Å². The van der Waals surface area contributed by atoms with Gasteiger partial charge in [0.1, 0.15) is 24.0 Å². The molecule has 2 aliphatic heterocycles. The highest BCUT2D eigenvalue weighted by Crippen LogP contribution is 2.43. The molecule has 0 aliphatic carbocycles.